The lowest BCUT2D eigenvalue weighted by atomic mass is 9.81. The molecule has 1 amide bonds. The fourth-order valence-electron chi connectivity index (χ4n) is 4.61. The fraction of sp³-hybridized carbons (Fsp3) is 0.179. The number of fused-ring (bicyclic) bond motifs is 3. The third-order valence-electron chi connectivity index (χ3n) is 6.22. The van der Waals surface area contributed by atoms with Crippen LogP contribution in [-0.2, 0) is 11.4 Å². The first-order valence-corrected chi connectivity index (χ1v) is 10.9. The number of halogens is 1. The molecule has 0 saturated carbocycles. The third kappa shape index (κ3) is 3.62. The van der Waals surface area contributed by atoms with Gasteiger partial charge in [-0.05, 0) is 53.1 Å². The number of rotatable bonds is 5. The smallest absolute Gasteiger partial charge is 0.227 e. The van der Waals surface area contributed by atoms with Crippen LogP contribution in [0.25, 0.3) is 10.8 Å². The lowest BCUT2D eigenvalue weighted by molar-refractivity contribution is -0.119. The Morgan fingerprint density at radius 3 is 2.47 bits per heavy atom. The highest BCUT2D eigenvalue weighted by Gasteiger charge is 2.32. The van der Waals surface area contributed by atoms with Crippen LogP contribution in [0.4, 0.5) is 10.1 Å². The molecular formula is C28H24FNO2. The van der Waals surface area contributed by atoms with Crippen LogP contribution in [-0.4, -0.2) is 12.5 Å². The molecule has 4 aromatic rings. The van der Waals surface area contributed by atoms with E-state index in [9.17, 15) is 9.18 Å². The van der Waals surface area contributed by atoms with Gasteiger partial charge in [0.15, 0.2) is 0 Å². The summed E-state index contributed by atoms with van der Waals surface area (Å²) in [6.45, 7) is 2.84. The molecule has 0 aromatic heterocycles. The van der Waals surface area contributed by atoms with Gasteiger partial charge in [0.1, 0.15) is 18.2 Å². The highest BCUT2D eigenvalue weighted by atomic mass is 19.1. The average molecular weight is 426 g/mol. The summed E-state index contributed by atoms with van der Waals surface area (Å²) in [5, 5.41) is 2.35. The fourth-order valence-corrected chi connectivity index (χ4v) is 4.61. The maximum Gasteiger partial charge on any atom is 0.227 e. The maximum atomic E-state index is 13.8. The van der Waals surface area contributed by atoms with E-state index in [0.29, 0.717) is 24.3 Å². The summed E-state index contributed by atoms with van der Waals surface area (Å²) in [4.78, 5) is 14.8. The van der Waals surface area contributed by atoms with Gasteiger partial charge < -0.3 is 9.64 Å². The zero-order valence-electron chi connectivity index (χ0n) is 17.9. The van der Waals surface area contributed by atoms with Crippen molar-refractivity contribution in [1.29, 1.82) is 0 Å². The van der Waals surface area contributed by atoms with Crippen LogP contribution in [0.15, 0.2) is 84.9 Å². The van der Waals surface area contributed by atoms with Crippen LogP contribution < -0.4 is 9.64 Å². The van der Waals surface area contributed by atoms with E-state index >= 15 is 0 Å². The first-order chi connectivity index (χ1) is 15.7. The van der Waals surface area contributed by atoms with E-state index in [4.69, 9.17) is 4.74 Å². The number of anilines is 1. The van der Waals surface area contributed by atoms with E-state index in [-0.39, 0.29) is 24.2 Å². The molecule has 0 aliphatic carbocycles. The summed E-state index contributed by atoms with van der Waals surface area (Å²) in [7, 11) is 0. The molecule has 160 valence electrons. The van der Waals surface area contributed by atoms with Gasteiger partial charge in [0.05, 0.1) is 0 Å². The number of carbonyl (C=O) groups excluding carboxylic acids is 1. The summed E-state index contributed by atoms with van der Waals surface area (Å²) in [5.41, 5.74) is 3.79. The van der Waals surface area contributed by atoms with Gasteiger partial charge in [-0.3, -0.25) is 4.79 Å². The molecule has 4 heteroatoms. The van der Waals surface area contributed by atoms with Gasteiger partial charge in [0, 0.05) is 30.1 Å². The number of ether oxygens (including phenoxy) is 1. The number of amides is 1. The van der Waals surface area contributed by atoms with Crippen LogP contribution in [0, 0.1) is 5.82 Å². The Labute approximate surface area is 187 Å². The topological polar surface area (TPSA) is 29.5 Å². The van der Waals surface area contributed by atoms with Crippen molar-refractivity contribution in [3.63, 3.8) is 0 Å². The van der Waals surface area contributed by atoms with Gasteiger partial charge in [-0.2, -0.15) is 0 Å². The van der Waals surface area contributed by atoms with Crippen molar-refractivity contribution >= 4 is 22.4 Å². The second kappa shape index (κ2) is 8.46. The summed E-state index contributed by atoms with van der Waals surface area (Å²) >= 11 is 0. The summed E-state index contributed by atoms with van der Waals surface area (Å²) in [6.07, 6.45) is 0.435. The van der Waals surface area contributed by atoms with Gasteiger partial charge in [-0.1, -0.05) is 60.7 Å². The third-order valence-corrected chi connectivity index (χ3v) is 6.22. The number of carbonyl (C=O) groups is 1. The van der Waals surface area contributed by atoms with Gasteiger partial charge in [0.2, 0.25) is 5.91 Å². The Morgan fingerprint density at radius 2 is 1.69 bits per heavy atom. The van der Waals surface area contributed by atoms with Crippen molar-refractivity contribution < 1.29 is 13.9 Å². The molecule has 0 bridgehead atoms. The molecule has 0 saturated heterocycles. The quantitative estimate of drug-likeness (QED) is 0.368. The molecule has 0 N–H and O–H groups in total. The predicted molar refractivity (Wildman–Crippen MR) is 126 cm³/mol. The minimum Gasteiger partial charge on any atom is -0.489 e. The summed E-state index contributed by atoms with van der Waals surface area (Å²) in [6, 6.07) is 26.9. The van der Waals surface area contributed by atoms with Crippen LogP contribution in [0.2, 0.25) is 0 Å². The molecule has 1 aliphatic rings. The molecule has 1 unspecified atom stereocenters. The highest BCUT2D eigenvalue weighted by Crippen LogP contribution is 2.44. The van der Waals surface area contributed by atoms with E-state index in [0.717, 1.165) is 11.3 Å². The normalized spacial score (nSPS) is 15.6. The Kier molecular flexibility index (Phi) is 5.36. The predicted octanol–water partition coefficient (Wildman–Crippen LogP) is 6.45. The van der Waals surface area contributed by atoms with E-state index in [1.165, 1.54) is 22.4 Å². The zero-order valence-corrected chi connectivity index (χ0v) is 17.9. The van der Waals surface area contributed by atoms with E-state index in [2.05, 4.69) is 24.3 Å². The molecule has 0 fully saturated rings. The van der Waals surface area contributed by atoms with Crippen molar-refractivity contribution in [2.45, 2.75) is 25.9 Å². The van der Waals surface area contributed by atoms with Crippen molar-refractivity contribution in [2.75, 3.05) is 11.4 Å². The van der Waals surface area contributed by atoms with Gasteiger partial charge in [-0.15, -0.1) is 0 Å². The second-order valence-corrected chi connectivity index (χ2v) is 8.06. The minimum absolute atomic E-state index is 0.0213. The van der Waals surface area contributed by atoms with Crippen LogP contribution >= 0.6 is 0 Å². The lowest BCUT2D eigenvalue weighted by Crippen LogP contribution is -2.36. The van der Waals surface area contributed by atoms with Crippen molar-refractivity contribution in [3.8, 4) is 5.75 Å². The number of hydrogen-bond donors (Lipinski definition) is 0. The van der Waals surface area contributed by atoms with Crippen LogP contribution in [0.1, 0.15) is 36.0 Å². The lowest BCUT2D eigenvalue weighted by Gasteiger charge is -2.34. The number of benzene rings is 4. The largest absolute Gasteiger partial charge is 0.489 e. The monoisotopic (exact) mass is 425 g/mol. The van der Waals surface area contributed by atoms with Crippen LogP contribution in [0.3, 0.4) is 0 Å². The standard InChI is InChI=1S/C28H24FNO2/c1-2-30-26-16-13-19-7-3-5-9-23(19)28(26)24(17-27(30)31)20-11-14-22(15-12-20)32-18-21-8-4-6-10-25(21)29/h3-16,24H,2,17-18H2,1H3. The Morgan fingerprint density at radius 1 is 0.938 bits per heavy atom. The number of hydrogen-bond acceptors (Lipinski definition) is 2. The molecule has 1 atom stereocenters. The van der Waals surface area contributed by atoms with Crippen LogP contribution in [0.5, 0.6) is 5.75 Å². The summed E-state index contributed by atoms with van der Waals surface area (Å²) < 4.78 is 19.6. The molecule has 0 spiro atoms. The molecule has 5 rings (SSSR count). The van der Waals surface area contributed by atoms with Crippen molar-refractivity contribution in [2.24, 2.45) is 0 Å². The first kappa shape index (κ1) is 20.3. The average Bonchev–Trinajstić information content (AvgIpc) is 2.83. The zero-order chi connectivity index (χ0) is 22.1. The van der Waals surface area contributed by atoms with Gasteiger partial charge in [0.25, 0.3) is 0 Å². The molecule has 4 aromatic carbocycles. The Balaban J connectivity index is 1.48. The molecule has 1 aliphatic heterocycles. The molecule has 0 radical (unpaired) electrons. The van der Waals surface area contributed by atoms with E-state index in [1.807, 2.05) is 48.2 Å². The molecule has 32 heavy (non-hydrogen) atoms. The summed E-state index contributed by atoms with van der Waals surface area (Å²) in [5.74, 6) is 0.522. The molecule has 3 nitrogen and oxygen atoms in total. The van der Waals surface area contributed by atoms with E-state index in [1.54, 1.807) is 18.2 Å². The Hall–Kier alpha value is -3.66. The van der Waals surface area contributed by atoms with Crippen molar-refractivity contribution in [3.05, 3.63) is 107 Å². The highest BCUT2D eigenvalue weighted by molar-refractivity contribution is 6.03. The number of nitrogens with zero attached hydrogens (tertiary/aromatic N) is 1. The van der Waals surface area contributed by atoms with Gasteiger partial charge >= 0.3 is 0 Å². The minimum atomic E-state index is -0.270. The second-order valence-electron chi connectivity index (χ2n) is 8.06. The van der Waals surface area contributed by atoms with Crippen molar-refractivity contribution in [1.82, 2.24) is 0 Å². The van der Waals surface area contributed by atoms with Gasteiger partial charge in [-0.25, -0.2) is 4.39 Å². The van der Waals surface area contributed by atoms with E-state index < -0.39 is 0 Å². The molecular weight excluding hydrogens is 401 g/mol. The Bertz CT molecular complexity index is 1280. The molecule has 1 heterocycles. The SMILES string of the molecule is CCN1C(=O)CC(c2ccc(OCc3ccccc3F)cc2)c2c1ccc1ccccc21. The first-order valence-electron chi connectivity index (χ1n) is 10.9. The maximum absolute atomic E-state index is 13.8.